The molecule has 0 radical (unpaired) electrons. The number of Topliss-reactive ketones (excluding diaryl/α,β-unsaturated/α-hetero) is 1. The van der Waals surface area contributed by atoms with Crippen LogP contribution < -0.4 is 5.73 Å². The maximum absolute atomic E-state index is 13.3. The number of hydrogen-bond acceptors (Lipinski definition) is 6. The predicted octanol–water partition coefficient (Wildman–Crippen LogP) is 2.21. The molecule has 1 aromatic rings. The molecule has 168 valence electrons. The number of primary amides is 1. The number of para-hydroxylation sites is 1. The number of fused-ring (bicyclic) bond motifs is 3. The Morgan fingerprint density at radius 2 is 1.82 bits per heavy atom. The number of imide groups is 3. The fourth-order valence-corrected chi connectivity index (χ4v) is 5.85. The first-order chi connectivity index (χ1) is 15.6. The van der Waals surface area contributed by atoms with E-state index in [1.165, 1.54) is 6.08 Å². The molecule has 4 aliphatic rings. The van der Waals surface area contributed by atoms with E-state index >= 15 is 0 Å². The van der Waals surface area contributed by atoms with Gasteiger partial charge in [-0.05, 0) is 44.2 Å². The number of nitrogens with zero attached hydrogens (tertiary/aromatic N) is 1. The van der Waals surface area contributed by atoms with E-state index in [0.29, 0.717) is 32.7 Å². The number of phenols is 1. The summed E-state index contributed by atoms with van der Waals surface area (Å²) in [5.41, 5.74) is 8.00. The molecule has 4 atom stereocenters. The standard InChI is InChI=1S/C25H22N2O6/c1-10-4-3-5-13(21(10)29)18-12-6-7-14-19(24(32)27(23(14)31)25(26)33)15(12)9-16-17(28)8-11(2)22(30)20(16)18/h3-6,8,14-15,18-19,29H,7,9H2,1-2H3,(H2,26,33). The number of benzene rings is 1. The monoisotopic (exact) mass is 446 g/mol. The molecule has 5 rings (SSSR count). The van der Waals surface area contributed by atoms with Gasteiger partial charge in [0.05, 0.1) is 11.8 Å². The third-order valence-electron chi connectivity index (χ3n) is 7.37. The average Bonchev–Trinajstić information content (AvgIpc) is 3.03. The Bertz CT molecular complexity index is 1280. The summed E-state index contributed by atoms with van der Waals surface area (Å²) in [5.74, 6) is -4.80. The number of allylic oxidation sites excluding steroid dienone is 6. The van der Waals surface area contributed by atoms with Gasteiger partial charge in [-0.2, -0.15) is 4.90 Å². The molecule has 0 spiro atoms. The van der Waals surface area contributed by atoms with Crippen LogP contribution in [0.5, 0.6) is 5.75 Å². The van der Waals surface area contributed by atoms with Gasteiger partial charge in [0.15, 0.2) is 11.6 Å². The quantitative estimate of drug-likeness (QED) is 0.386. The lowest BCUT2D eigenvalue weighted by atomic mass is 9.59. The van der Waals surface area contributed by atoms with E-state index in [2.05, 4.69) is 0 Å². The minimum atomic E-state index is -1.12. The highest BCUT2D eigenvalue weighted by Gasteiger charge is 2.57. The van der Waals surface area contributed by atoms with Gasteiger partial charge in [0, 0.05) is 28.2 Å². The number of likely N-dealkylation sites (tertiary alicyclic amines) is 1. The van der Waals surface area contributed by atoms with E-state index < -0.39 is 41.5 Å². The van der Waals surface area contributed by atoms with Crippen molar-refractivity contribution < 1.29 is 29.1 Å². The summed E-state index contributed by atoms with van der Waals surface area (Å²) in [6, 6.07) is 4.09. The second-order valence-electron chi connectivity index (χ2n) is 9.09. The van der Waals surface area contributed by atoms with E-state index in [1.54, 1.807) is 32.0 Å². The fraction of sp³-hybridized carbons (Fsp3) is 0.320. The average molecular weight is 446 g/mol. The van der Waals surface area contributed by atoms with Crippen molar-refractivity contribution >= 4 is 29.4 Å². The number of ketones is 2. The number of amides is 4. The summed E-state index contributed by atoms with van der Waals surface area (Å²) in [7, 11) is 0. The molecule has 1 saturated heterocycles. The van der Waals surface area contributed by atoms with Gasteiger partial charge in [-0.15, -0.1) is 0 Å². The van der Waals surface area contributed by atoms with Gasteiger partial charge in [-0.25, -0.2) is 4.79 Å². The van der Waals surface area contributed by atoms with E-state index in [4.69, 9.17) is 5.73 Å². The maximum Gasteiger partial charge on any atom is 0.328 e. The van der Waals surface area contributed by atoms with Crippen molar-refractivity contribution in [2.75, 3.05) is 0 Å². The van der Waals surface area contributed by atoms with Crippen LogP contribution >= 0.6 is 0 Å². The largest absolute Gasteiger partial charge is 0.507 e. The van der Waals surface area contributed by atoms with Crippen molar-refractivity contribution in [2.24, 2.45) is 23.5 Å². The third-order valence-corrected chi connectivity index (χ3v) is 7.37. The lowest BCUT2D eigenvalue weighted by Gasteiger charge is -2.42. The van der Waals surface area contributed by atoms with E-state index in [0.717, 1.165) is 0 Å². The van der Waals surface area contributed by atoms with Gasteiger partial charge in [-0.1, -0.05) is 29.8 Å². The van der Waals surface area contributed by atoms with Crippen LogP contribution in [0.2, 0.25) is 0 Å². The zero-order chi connectivity index (χ0) is 23.8. The number of phenolic OH excluding ortho intramolecular Hbond substituents is 1. The summed E-state index contributed by atoms with van der Waals surface area (Å²) >= 11 is 0. The molecule has 0 aromatic heterocycles. The highest BCUT2D eigenvalue weighted by atomic mass is 16.3. The summed E-state index contributed by atoms with van der Waals surface area (Å²) in [6.07, 6.45) is 3.42. The molecular formula is C25H22N2O6. The van der Waals surface area contributed by atoms with Gasteiger partial charge >= 0.3 is 6.03 Å². The molecule has 33 heavy (non-hydrogen) atoms. The third kappa shape index (κ3) is 2.79. The number of carbonyl (C=O) groups excluding carboxylic acids is 5. The number of aryl methyl sites for hydroxylation is 1. The summed E-state index contributed by atoms with van der Waals surface area (Å²) in [4.78, 5) is 64.4. The zero-order valence-corrected chi connectivity index (χ0v) is 18.1. The van der Waals surface area contributed by atoms with E-state index in [1.807, 2.05) is 6.08 Å². The smallest absolute Gasteiger partial charge is 0.328 e. The zero-order valence-electron chi connectivity index (χ0n) is 18.1. The summed E-state index contributed by atoms with van der Waals surface area (Å²) in [6.45, 7) is 3.32. The van der Waals surface area contributed by atoms with Crippen LogP contribution in [0.1, 0.15) is 36.8 Å². The van der Waals surface area contributed by atoms with Crippen molar-refractivity contribution in [1.29, 1.82) is 0 Å². The minimum absolute atomic E-state index is 0.0121. The lowest BCUT2D eigenvalue weighted by Crippen LogP contribution is -2.42. The van der Waals surface area contributed by atoms with Crippen LogP contribution in [0.25, 0.3) is 0 Å². The van der Waals surface area contributed by atoms with Gasteiger partial charge in [0.2, 0.25) is 11.8 Å². The summed E-state index contributed by atoms with van der Waals surface area (Å²) < 4.78 is 0. The normalized spacial score (nSPS) is 28.8. The first-order valence-electron chi connectivity index (χ1n) is 10.8. The van der Waals surface area contributed by atoms with Crippen LogP contribution in [0.3, 0.4) is 0 Å². The molecule has 1 aromatic carbocycles. The van der Waals surface area contributed by atoms with Crippen molar-refractivity contribution in [3.63, 3.8) is 0 Å². The van der Waals surface area contributed by atoms with Gasteiger partial charge in [-0.3, -0.25) is 19.2 Å². The number of carbonyl (C=O) groups is 5. The molecule has 1 fully saturated rings. The Hall–Kier alpha value is -3.81. The Labute approximate surface area is 189 Å². The molecule has 4 amide bonds. The second kappa shape index (κ2) is 7.10. The molecule has 3 N–H and O–H groups in total. The molecule has 0 saturated carbocycles. The number of aromatic hydroxyl groups is 1. The minimum Gasteiger partial charge on any atom is -0.507 e. The molecule has 1 aliphatic heterocycles. The van der Waals surface area contributed by atoms with Crippen LogP contribution in [0.4, 0.5) is 4.79 Å². The van der Waals surface area contributed by atoms with E-state index in [-0.39, 0.29) is 35.7 Å². The Kier molecular flexibility index (Phi) is 4.53. The fourth-order valence-electron chi connectivity index (χ4n) is 5.85. The lowest BCUT2D eigenvalue weighted by molar-refractivity contribution is -0.136. The molecule has 3 aliphatic carbocycles. The highest BCUT2D eigenvalue weighted by molar-refractivity contribution is 6.24. The molecule has 1 heterocycles. The number of urea groups is 1. The van der Waals surface area contributed by atoms with Crippen molar-refractivity contribution in [2.45, 2.75) is 32.6 Å². The summed E-state index contributed by atoms with van der Waals surface area (Å²) in [5, 5.41) is 10.9. The molecule has 4 unspecified atom stereocenters. The highest BCUT2D eigenvalue weighted by Crippen LogP contribution is 2.56. The molecule has 8 nitrogen and oxygen atoms in total. The van der Waals surface area contributed by atoms with Crippen LogP contribution in [-0.4, -0.2) is 39.4 Å². The molecular weight excluding hydrogens is 424 g/mol. The van der Waals surface area contributed by atoms with Crippen LogP contribution in [0, 0.1) is 24.7 Å². The van der Waals surface area contributed by atoms with Crippen molar-refractivity contribution in [3.8, 4) is 5.75 Å². The van der Waals surface area contributed by atoms with Crippen LogP contribution in [0.15, 0.2) is 52.6 Å². The van der Waals surface area contributed by atoms with Crippen LogP contribution in [-0.2, 0) is 19.2 Å². The Morgan fingerprint density at radius 1 is 1.09 bits per heavy atom. The van der Waals surface area contributed by atoms with E-state index in [9.17, 15) is 29.1 Å². The van der Waals surface area contributed by atoms with Gasteiger partial charge in [0.25, 0.3) is 0 Å². The van der Waals surface area contributed by atoms with Crippen molar-refractivity contribution in [3.05, 3.63) is 63.8 Å². The second-order valence-corrected chi connectivity index (χ2v) is 9.09. The molecule has 8 heteroatoms. The topological polar surface area (TPSA) is 135 Å². The Morgan fingerprint density at radius 3 is 2.52 bits per heavy atom. The first kappa shape index (κ1) is 21.1. The first-order valence-corrected chi connectivity index (χ1v) is 10.8. The van der Waals surface area contributed by atoms with Gasteiger partial charge < -0.3 is 10.8 Å². The SMILES string of the molecule is CC1=CC(=O)C2=C(C1=O)C(c1cccc(C)c1O)C1=CCC3C(=O)N(C(N)=O)C(=O)C3C1C2. The predicted molar refractivity (Wildman–Crippen MR) is 116 cm³/mol. The maximum atomic E-state index is 13.3. The van der Waals surface area contributed by atoms with Crippen molar-refractivity contribution in [1.82, 2.24) is 4.90 Å². The number of hydrogen-bond donors (Lipinski definition) is 2. The van der Waals surface area contributed by atoms with Gasteiger partial charge in [0.1, 0.15) is 5.75 Å². The molecule has 0 bridgehead atoms. The Balaban J connectivity index is 1.73. The number of nitrogens with two attached hydrogens (primary N) is 1. The number of rotatable bonds is 1.